The van der Waals surface area contributed by atoms with Crippen LogP contribution in [0, 0.1) is 0 Å². The third-order valence-corrected chi connectivity index (χ3v) is 2.23. The van der Waals surface area contributed by atoms with Crippen LogP contribution in [0.15, 0.2) is 0 Å². The summed E-state index contributed by atoms with van der Waals surface area (Å²) < 4.78 is 0. The number of rotatable bonds is 9. The van der Waals surface area contributed by atoms with Gasteiger partial charge >= 0.3 is 0 Å². The van der Waals surface area contributed by atoms with Gasteiger partial charge in [0.05, 0.1) is 6.61 Å². The Balaban J connectivity index is 3.05. The molecule has 13 heavy (non-hydrogen) atoms. The Morgan fingerprint density at radius 2 is 1.69 bits per heavy atom. The first-order valence-corrected chi connectivity index (χ1v) is 5.26. The van der Waals surface area contributed by atoms with Crippen LogP contribution >= 0.6 is 0 Å². The molecule has 1 atom stereocenters. The van der Waals surface area contributed by atoms with Crippen LogP contribution in [-0.2, 0) is 4.89 Å². The zero-order chi connectivity index (χ0) is 9.94. The zero-order valence-corrected chi connectivity index (χ0v) is 8.54. The lowest BCUT2D eigenvalue weighted by Gasteiger charge is -2.08. The second-order valence-corrected chi connectivity index (χ2v) is 3.47. The van der Waals surface area contributed by atoms with Crippen molar-refractivity contribution in [1.29, 1.82) is 0 Å². The van der Waals surface area contributed by atoms with E-state index in [4.69, 9.17) is 10.4 Å². The van der Waals surface area contributed by atoms with Gasteiger partial charge in [0.2, 0.25) is 0 Å². The molecule has 0 aliphatic heterocycles. The molecular weight excluding hydrogens is 168 g/mol. The van der Waals surface area contributed by atoms with Crippen LogP contribution in [0.25, 0.3) is 0 Å². The molecule has 0 saturated carbocycles. The SMILES string of the molecule is CCCCCCCCC(CO)OO. The Bertz CT molecular complexity index is 92.2. The summed E-state index contributed by atoms with van der Waals surface area (Å²) in [5.74, 6) is 0. The van der Waals surface area contributed by atoms with Crippen molar-refractivity contribution in [2.45, 2.75) is 58.0 Å². The maximum Gasteiger partial charge on any atom is 0.116 e. The number of aliphatic hydroxyl groups is 1. The van der Waals surface area contributed by atoms with Gasteiger partial charge in [0.1, 0.15) is 6.10 Å². The minimum atomic E-state index is -0.383. The van der Waals surface area contributed by atoms with Crippen molar-refractivity contribution in [3.63, 3.8) is 0 Å². The third-order valence-electron chi connectivity index (χ3n) is 2.23. The predicted molar refractivity (Wildman–Crippen MR) is 52.6 cm³/mol. The van der Waals surface area contributed by atoms with Gasteiger partial charge < -0.3 is 5.11 Å². The van der Waals surface area contributed by atoms with Crippen molar-refractivity contribution in [3.05, 3.63) is 0 Å². The smallest absolute Gasteiger partial charge is 0.116 e. The van der Waals surface area contributed by atoms with Crippen LogP contribution in [0.5, 0.6) is 0 Å². The van der Waals surface area contributed by atoms with E-state index in [2.05, 4.69) is 11.8 Å². The monoisotopic (exact) mass is 190 g/mol. The molecule has 0 rings (SSSR count). The molecule has 0 aliphatic carbocycles. The molecule has 0 fully saturated rings. The average Bonchev–Trinajstić information content (AvgIpc) is 2.17. The largest absolute Gasteiger partial charge is 0.394 e. The van der Waals surface area contributed by atoms with Gasteiger partial charge in [-0.1, -0.05) is 45.4 Å². The van der Waals surface area contributed by atoms with Gasteiger partial charge in [-0.2, -0.15) is 0 Å². The van der Waals surface area contributed by atoms with E-state index in [0.29, 0.717) is 0 Å². The molecule has 0 heterocycles. The molecule has 2 N–H and O–H groups in total. The Morgan fingerprint density at radius 1 is 1.08 bits per heavy atom. The molecule has 3 heteroatoms. The highest BCUT2D eigenvalue weighted by Crippen LogP contribution is 2.09. The van der Waals surface area contributed by atoms with E-state index in [-0.39, 0.29) is 12.7 Å². The first-order valence-electron chi connectivity index (χ1n) is 5.26. The highest BCUT2D eigenvalue weighted by molar-refractivity contribution is 4.54. The van der Waals surface area contributed by atoms with Crippen LogP contribution in [0.1, 0.15) is 51.9 Å². The number of unbranched alkanes of at least 4 members (excludes halogenated alkanes) is 5. The summed E-state index contributed by atoms with van der Waals surface area (Å²) in [6, 6.07) is 0. The molecule has 0 spiro atoms. The van der Waals surface area contributed by atoms with Gasteiger partial charge in [-0.3, -0.25) is 5.26 Å². The Kier molecular flexibility index (Phi) is 9.87. The van der Waals surface area contributed by atoms with E-state index in [9.17, 15) is 0 Å². The van der Waals surface area contributed by atoms with E-state index < -0.39 is 0 Å². The molecule has 0 aromatic carbocycles. The molecule has 3 nitrogen and oxygen atoms in total. The molecule has 0 aliphatic rings. The van der Waals surface area contributed by atoms with Gasteiger partial charge in [0.25, 0.3) is 0 Å². The molecule has 80 valence electrons. The summed E-state index contributed by atoms with van der Waals surface area (Å²) in [7, 11) is 0. The molecule has 0 saturated heterocycles. The summed E-state index contributed by atoms with van der Waals surface area (Å²) in [6.45, 7) is 2.10. The fourth-order valence-electron chi connectivity index (χ4n) is 1.33. The van der Waals surface area contributed by atoms with Crippen molar-refractivity contribution >= 4 is 0 Å². The van der Waals surface area contributed by atoms with Crippen LogP contribution in [0.4, 0.5) is 0 Å². The van der Waals surface area contributed by atoms with Crippen molar-refractivity contribution in [2.24, 2.45) is 0 Å². The first-order chi connectivity index (χ1) is 6.35. The van der Waals surface area contributed by atoms with Crippen LogP contribution in [-0.4, -0.2) is 23.1 Å². The zero-order valence-electron chi connectivity index (χ0n) is 8.54. The van der Waals surface area contributed by atoms with Crippen molar-refractivity contribution in [1.82, 2.24) is 0 Å². The standard InChI is InChI=1S/C10H22O3/c1-2-3-4-5-6-7-8-10(9-11)13-12/h10-12H,2-9H2,1H3. The minimum Gasteiger partial charge on any atom is -0.394 e. The summed E-state index contributed by atoms with van der Waals surface area (Å²) >= 11 is 0. The van der Waals surface area contributed by atoms with Crippen LogP contribution in [0.3, 0.4) is 0 Å². The van der Waals surface area contributed by atoms with E-state index in [1.54, 1.807) is 0 Å². The maximum atomic E-state index is 8.68. The van der Waals surface area contributed by atoms with E-state index in [1.165, 1.54) is 32.1 Å². The fourth-order valence-corrected chi connectivity index (χ4v) is 1.33. The lowest BCUT2D eigenvalue weighted by molar-refractivity contribution is -0.286. The van der Waals surface area contributed by atoms with E-state index in [1.807, 2.05) is 0 Å². The normalized spacial score (nSPS) is 13.2. The quantitative estimate of drug-likeness (QED) is 0.334. The molecule has 0 aromatic heterocycles. The molecule has 0 bridgehead atoms. The molecule has 0 radical (unpaired) electrons. The Hall–Kier alpha value is -0.120. The second kappa shape index (κ2) is 9.96. The Labute approximate surface area is 80.7 Å². The summed E-state index contributed by atoms with van der Waals surface area (Å²) in [5, 5.41) is 17.0. The maximum absolute atomic E-state index is 8.68. The lowest BCUT2D eigenvalue weighted by Crippen LogP contribution is -2.15. The van der Waals surface area contributed by atoms with Gasteiger partial charge in [0, 0.05) is 0 Å². The molecule has 0 aromatic rings. The highest BCUT2D eigenvalue weighted by Gasteiger charge is 2.05. The number of aliphatic hydroxyl groups excluding tert-OH is 1. The third kappa shape index (κ3) is 8.22. The van der Waals surface area contributed by atoms with Crippen molar-refractivity contribution in [3.8, 4) is 0 Å². The Morgan fingerprint density at radius 3 is 2.23 bits per heavy atom. The first kappa shape index (κ1) is 12.9. The molecule has 1 unspecified atom stereocenters. The molecular formula is C10H22O3. The van der Waals surface area contributed by atoms with Gasteiger partial charge in [-0.25, -0.2) is 4.89 Å². The number of hydrogen-bond acceptors (Lipinski definition) is 3. The fraction of sp³-hybridized carbons (Fsp3) is 1.00. The van der Waals surface area contributed by atoms with Gasteiger partial charge in [-0.15, -0.1) is 0 Å². The van der Waals surface area contributed by atoms with Crippen LogP contribution in [0.2, 0.25) is 0 Å². The predicted octanol–water partition coefficient (Wildman–Crippen LogP) is 2.59. The highest BCUT2D eigenvalue weighted by atomic mass is 17.1. The van der Waals surface area contributed by atoms with Crippen molar-refractivity contribution < 1.29 is 15.3 Å². The van der Waals surface area contributed by atoms with Crippen LogP contribution < -0.4 is 0 Å². The topological polar surface area (TPSA) is 49.7 Å². The minimum absolute atomic E-state index is 0.0918. The summed E-state index contributed by atoms with van der Waals surface area (Å²) in [4.78, 5) is 4.08. The van der Waals surface area contributed by atoms with Gasteiger partial charge in [0.15, 0.2) is 0 Å². The van der Waals surface area contributed by atoms with Crippen molar-refractivity contribution in [2.75, 3.05) is 6.61 Å². The second-order valence-electron chi connectivity index (χ2n) is 3.47. The van der Waals surface area contributed by atoms with E-state index >= 15 is 0 Å². The summed E-state index contributed by atoms with van der Waals surface area (Å²) in [6.07, 6.45) is 7.66. The lowest BCUT2D eigenvalue weighted by atomic mass is 10.1. The number of hydrogen-bond donors (Lipinski definition) is 2. The molecule has 0 amide bonds. The average molecular weight is 190 g/mol. The van der Waals surface area contributed by atoms with Gasteiger partial charge in [-0.05, 0) is 6.42 Å². The summed E-state index contributed by atoms with van der Waals surface area (Å²) in [5.41, 5.74) is 0. The van der Waals surface area contributed by atoms with E-state index in [0.717, 1.165) is 12.8 Å².